The Hall–Kier alpha value is -0.860. The highest BCUT2D eigenvalue weighted by Crippen LogP contribution is 2.39. The van der Waals surface area contributed by atoms with E-state index < -0.39 is 0 Å². The zero-order valence-corrected chi connectivity index (χ0v) is 13.9. The fraction of sp³-hybridized carbons (Fsp3) is 0.684. The number of hydrogen-bond donors (Lipinski definition) is 0. The molecule has 3 rings (SSSR count). The van der Waals surface area contributed by atoms with E-state index in [9.17, 15) is 0 Å². The second-order valence-corrected chi connectivity index (χ2v) is 7.07. The smallest absolute Gasteiger partial charge is 0.0481 e. The van der Waals surface area contributed by atoms with Gasteiger partial charge in [-0.3, -0.25) is 9.80 Å². The predicted molar refractivity (Wildman–Crippen MR) is 89.5 cm³/mol. The Bertz CT molecular complexity index is 452. The van der Waals surface area contributed by atoms with Gasteiger partial charge in [0.1, 0.15) is 0 Å². The van der Waals surface area contributed by atoms with Crippen LogP contribution < -0.4 is 0 Å². The first kappa shape index (κ1) is 15.1. The van der Waals surface area contributed by atoms with Crippen molar-refractivity contribution in [3.63, 3.8) is 0 Å². The van der Waals surface area contributed by atoms with Gasteiger partial charge in [-0.2, -0.15) is 0 Å². The lowest BCUT2D eigenvalue weighted by Gasteiger charge is -2.52. The number of nitrogens with zero attached hydrogens (tertiary/aromatic N) is 2. The Kier molecular flexibility index (Phi) is 4.37. The van der Waals surface area contributed by atoms with Crippen molar-refractivity contribution in [3.05, 3.63) is 35.9 Å². The fourth-order valence-corrected chi connectivity index (χ4v) is 4.23. The maximum Gasteiger partial charge on any atom is 0.0481 e. The topological polar surface area (TPSA) is 6.48 Å². The zero-order valence-electron chi connectivity index (χ0n) is 13.9. The number of benzene rings is 1. The van der Waals surface area contributed by atoms with Gasteiger partial charge in [0.15, 0.2) is 0 Å². The molecule has 0 bridgehead atoms. The maximum absolute atomic E-state index is 2.83. The standard InChI is InChI=1S/C19H30N2/c1-4-19(3,5-2)21-14-17-12-9-13-20(17)15-18(21)16-10-7-6-8-11-16/h6-8,10-11,17-18H,4-5,9,12-15H2,1-3H3. The molecule has 1 aromatic rings. The van der Waals surface area contributed by atoms with Gasteiger partial charge in [0.25, 0.3) is 0 Å². The number of hydrogen-bond acceptors (Lipinski definition) is 2. The second-order valence-electron chi connectivity index (χ2n) is 7.07. The van der Waals surface area contributed by atoms with Crippen molar-refractivity contribution in [3.8, 4) is 0 Å². The summed E-state index contributed by atoms with van der Waals surface area (Å²) in [5, 5.41) is 0. The van der Waals surface area contributed by atoms with Crippen molar-refractivity contribution < 1.29 is 0 Å². The molecule has 0 aromatic heterocycles. The summed E-state index contributed by atoms with van der Waals surface area (Å²) < 4.78 is 0. The van der Waals surface area contributed by atoms with Gasteiger partial charge < -0.3 is 0 Å². The van der Waals surface area contributed by atoms with E-state index in [0.29, 0.717) is 11.6 Å². The van der Waals surface area contributed by atoms with E-state index in [1.165, 1.54) is 50.9 Å². The third kappa shape index (κ3) is 2.76. The van der Waals surface area contributed by atoms with Gasteiger partial charge in [-0.05, 0) is 44.7 Å². The van der Waals surface area contributed by atoms with E-state index in [0.717, 1.165) is 6.04 Å². The van der Waals surface area contributed by atoms with Gasteiger partial charge in [0.05, 0.1) is 0 Å². The number of rotatable bonds is 4. The van der Waals surface area contributed by atoms with Crippen molar-refractivity contribution in [1.82, 2.24) is 9.80 Å². The molecule has 2 heterocycles. The minimum atomic E-state index is 0.329. The molecule has 116 valence electrons. The second kappa shape index (κ2) is 6.10. The third-order valence-electron chi connectivity index (χ3n) is 6.09. The molecule has 2 unspecified atom stereocenters. The molecule has 2 atom stereocenters. The van der Waals surface area contributed by atoms with Crippen LogP contribution in [-0.4, -0.2) is 41.0 Å². The van der Waals surface area contributed by atoms with Crippen LogP contribution in [0.4, 0.5) is 0 Å². The molecule has 2 fully saturated rings. The molecule has 0 radical (unpaired) electrons. The lowest BCUT2D eigenvalue weighted by molar-refractivity contribution is -0.0284. The quantitative estimate of drug-likeness (QED) is 0.822. The normalized spacial score (nSPS) is 27.8. The maximum atomic E-state index is 2.83. The third-order valence-corrected chi connectivity index (χ3v) is 6.09. The van der Waals surface area contributed by atoms with Gasteiger partial charge >= 0.3 is 0 Å². The Morgan fingerprint density at radius 3 is 2.48 bits per heavy atom. The molecule has 2 aliphatic rings. The largest absolute Gasteiger partial charge is 0.297 e. The summed E-state index contributed by atoms with van der Waals surface area (Å²) in [4.78, 5) is 5.56. The molecule has 21 heavy (non-hydrogen) atoms. The van der Waals surface area contributed by atoms with E-state index >= 15 is 0 Å². The van der Waals surface area contributed by atoms with E-state index in [-0.39, 0.29) is 0 Å². The van der Waals surface area contributed by atoms with E-state index in [1.807, 2.05) is 0 Å². The number of piperazine rings is 1. The minimum Gasteiger partial charge on any atom is -0.297 e. The highest BCUT2D eigenvalue weighted by molar-refractivity contribution is 5.21. The van der Waals surface area contributed by atoms with E-state index in [1.54, 1.807) is 0 Å². The van der Waals surface area contributed by atoms with Crippen LogP contribution in [-0.2, 0) is 0 Å². The van der Waals surface area contributed by atoms with Crippen LogP contribution >= 0.6 is 0 Å². The Balaban J connectivity index is 1.92. The van der Waals surface area contributed by atoms with Crippen LogP contribution in [0.1, 0.15) is 58.1 Å². The van der Waals surface area contributed by atoms with Gasteiger partial charge in [0, 0.05) is 30.7 Å². The molecule has 2 aliphatic heterocycles. The molecular formula is C19H30N2. The molecular weight excluding hydrogens is 256 g/mol. The van der Waals surface area contributed by atoms with Crippen molar-refractivity contribution in [2.45, 2.75) is 64.1 Å². The Morgan fingerprint density at radius 1 is 1.10 bits per heavy atom. The molecule has 0 amide bonds. The highest BCUT2D eigenvalue weighted by atomic mass is 15.3. The predicted octanol–water partition coefficient (Wildman–Crippen LogP) is 4.09. The van der Waals surface area contributed by atoms with Gasteiger partial charge in [-0.25, -0.2) is 0 Å². The van der Waals surface area contributed by atoms with Gasteiger partial charge in [0.2, 0.25) is 0 Å². The van der Waals surface area contributed by atoms with Gasteiger partial charge in [-0.1, -0.05) is 44.2 Å². The average Bonchev–Trinajstić information content (AvgIpc) is 3.01. The minimum absolute atomic E-state index is 0.329. The molecule has 0 N–H and O–H groups in total. The lowest BCUT2D eigenvalue weighted by Crippen LogP contribution is -2.59. The van der Waals surface area contributed by atoms with Crippen molar-refractivity contribution >= 4 is 0 Å². The zero-order chi connectivity index (χ0) is 14.9. The van der Waals surface area contributed by atoms with Crippen LogP contribution in [0.15, 0.2) is 30.3 Å². The molecule has 2 heteroatoms. The summed E-state index contributed by atoms with van der Waals surface area (Å²) in [6.07, 6.45) is 5.25. The molecule has 0 saturated carbocycles. The first-order valence-corrected chi connectivity index (χ1v) is 8.73. The number of fused-ring (bicyclic) bond motifs is 1. The first-order chi connectivity index (χ1) is 10.2. The Morgan fingerprint density at radius 2 is 1.81 bits per heavy atom. The first-order valence-electron chi connectivity index (χ1n) is 8.73. The van der Waals surface area contributed by atoms with Crippen LogP contribution in [0, 0.1) is 0 Å². The van der Waals surface area contributed by atoms with Crippen LogP contribution in [0.25, 0.3) is 0 Å². The van der Waals surface area contributed by atoms with Crippen molar-refractivity contribution in [1.29, 1.82) is 0 Å². The summed E-state index contributed by atoms with van der Waals surface area (Å²) in [6, 6.07) is 12.5. The Labute approximate surface area is 130 Å². The summed E-state index contributed by atoms with van der Waals surface area (Å²) in [5.41, 5.74) is 1.82. The lowest BCUT2D eigenvalue weighted by atomic mass is 9.87. The van der Waals surface area contributed by atoms with Crippen LogP contribution in [0.5, 0.6) is 0 Å². The summed E-state index contributed by atoms with van der Waals surface area (Å²) >= 11 is 0. The molecule has 0 aliphatic carbocycles. The van der Waals surface area contributed by atoms with Gasteiger partial charge in [-0.15, -0.1) is 0 Å². The monoisotopic (exact) mass is 286 g/mol. The molecule has 2 saturated heterocycles. The van der Waals surface area contributed by atoms with Crippen molar-refractivity contribution in [2.24, 2.45) is 0 Å². The fourth-order valence-electron chi connectivity index (χ4n) is 4.23. The van der Waals surface area contributed by atoms with E-state index in [2.05, 4.69) is 60.9 Å². The van der Waals surface area contributed by atoms with Crippen LogP contribution in [0.3, 0.4) is 0 Å². The summed E-state index contributed by atoms with van der Waals surface area (Å²) in [7, 11) is 0. The van der Waals surface area contributed by atoms with E-state index in [4.69, 9.17) is 0 Å². The molecule has 0 spiro atoms. The SMILES string of the molecule is CCC(C)(CC)N1CC2CCCN2CC1c1ccccc1. The molecule has 2 nitrogen and oxygen atoms in total. The highest BCUT2D eigenvalue weighted by Gasteiger charge is 2.43. The van der Waals surface area contributed by atoms with Crippen molar-refractivity contribution in [2.75, 3.05) is 19.6 Å². The van der Waals surface area contributed by atoms with Crippen LogP contribution in [0.2, 0.25) is 0 Å². The molecule has 1 aromatic carbocycles. The summed E-state index contributed by atoms with van der Waals surface area (Å²) in [5.74, 6) is 0. The summed E-state index contributed by atoms with van der Waals surface area (Å²) in [6.45, 7) is 10.9. The average molecular weight is 286 g/mol.